The van der Waals surface area contributed by atoms with Gasteiger partial charge < -0.3 is 10.1 Å². The van der Waals surface area contributed by atoms with Crippen molar-refractivity contribution in [1.29, 1.82) is 0 Å². The molecule has 138 valence electrons. The van der Waals surface area contributed by atoms with Crippen molar-refractivity contribution in [1.82, 2.24) is 0 Å². The molecule has 0 radical (unpaired) electrons. The summed E-state index contributed by atoms with van der Waals surface area (Å²) < 4.78 is 18.8. The number of amides is 1. The van der Waals surface area contributed by atoms with E-state index in [0.29, 0.717) is 5.69 Å². The third-order valence-corrected chi connectivity index (χ3v) is 4.40. The molecule has 0 saturated heterocycles. The maximum absolute atomic E-state index is 13.7. The number of carbonyl (C=O) groups is 2. The van der Waals surface area contributed by atoms with E-state index in [2.05, 4.69) is 19.2 Å². The van der Waals surface area contributed by atoms with Crippen LogP contribution in [0.15, 0.2) is 42.5 Å². The van der Waals surface area contributed by atoms with Crippen molar-refractivity contribution in [3.63, 3.8) is 0 Å². The SMILES string of the molecule is CC[C@H](C)c1ccccc1NC(=O)[C@@H](C)OC(=O)c1cc(Cl)ccc1F. The van der Waals surface area contributed by atoms with Gasteiger partial charge >= 0.3 is 5.97 Å². The summed E-state index contributed by atoms with van der Waals surface area (Å²) in [7, 11) is 0. The van der Waals surface area contributed by atoms with E-state index >= 15 is 0 Å². The zero-order valence-corrected chi connectivity index (χ0v) is 15.6. The van der Waals surface area contributed by atoms with Crippen molar-refractivity contribution in [3.05, 3.63) is 64.4 Å². The average molecular weight is 378 g/mol. The number of benzene rings is 2. The maximum atomic E-state index is 13.7. The highest BCUT2D eigenvalue weighted by atomic mass is 35.5. The van der Waals surface area contributed by atoms with Crippen molar-refractivity contribution in [2.24, 2.45) is 0 Å². The van der Waals surface area contributed by atoms with E-state index in [1.165, 1.54) is 19.1 Å². The third kappa shape index (κ3) is 4.82. The molecular formula is C20H21ClFNO3. The molecule has 0 aliphatic carbocycles. The third-order valence-electron chi connectivity index (χ3n) is 4.16. The molecule has 2 aromatic rings. The zero-order valence-electron chi connectivity index (χ0n) is 14.9. The van der Waals surface area contributed by atoms with Gasteiger partial charge in [-0.1, -0.05) is 43.6 Å². The number of carbonyl (C=O) groups excluding carboxylic acids is 2. The first-order chi connectivity index (χ1) is 12.3. The summed E-state index contributed by atoms with van der Waals surface area (Å²) in [5, 5.41) is 2.98. The van der Waals surface area contributed by atoms with Crippen LogP contribution < -0.4 is 5.32 Å². The lowest BCUT2D eigenvalue weighted by Crippen LogP contribution is -2.30. The Bertz CT molecular complexity index is 809. The molecule has 1 N–H and O–H groups in total. The predicted molar refractivity (Wildman–Crippen MR) is 100 cm³/mol. The molecule has 0 heterocycles. The van der Waals surface area contributed by atoms with E-state index in [0.717, 1.165) is 18.1 Å². The minimum Gasteiger partial charge on any atom is -0.449 e. The van der Waals surface area contributed by atoms with Crippen LogP contribution in [0.5, 0.6) is 0 Å². The average Bonchev–Trinajstić information content (AvgIpc) is 2.63. The van der Waals surface area contributed by atoms with Gasteiger partial charge in [-0.3, -0.25) is 4.79 Å². The van der Waals surface area contributed by atoms with Crippen molar-refractivity contribution < 1.29 is 18.7 Å². The van der Waals surface area contributed by atoms with Crippen LogP contribution in [0.4, 0.5) is 10.1 Å². The minimum atomic E-state index is -1.09. The molecule has 2 aromatic carbocycles. The van der Waals surface area contributed by atoms with Gasteiger partial charge in [0.25, 0.3) is 5.91 Å². The lowest BCUT2D eigenvalue weighted by molar-refractivity contribution is -0.123. The molecule has 0 saturated carbocycles. The molecule has 0 aromatic heterocycles. The monoisotopic (exact) mass is 377 g/mol. The Hall–Kier alpha value is -2.40. The normalized spacial score (nSPS) is 13.0. The van der Waals surface area contributed by atoms with Crippen LogP contribution in [0.2, 0.25) is 5.02 Å². The Morgan fingerprint density at radius 3 is 2.58 bits per heavy atom. The van der Waals surface area contributed by atoms with Gasteiger partial charge in [0.05, 0.1) is 5.56 Å². The lowest BCUT2D eigenvalue weighted by atomic mass is 9.97. The van der Waals surface area contributed by atoms with Gasteiger partial charge in [0.1, 0.15) is 5.82 Å². The minimum absolute atomic E-state index is 0.206. The number of nitrogens with one attached hydrogen (secondary N) is 1. The van der Waals surface area contributed by atoms with E-state index < -0.39 is 23.8 Å². The van der Waals surface area contributed by atoms with E-state index in [9.17, 15) is 14.0 Å². The van der Waals surface area contributed by atoms with Crippen molar-refractivity contribution in [3.8, 4) is 0 Å². The summed E-state index contributed by atoms with van der Waals surface area (Å²) in [6, 6.07) is 11.0. The fourth-order valence-electron chi connectivity index (χ4n) is 2.43. The predicted octanol–water partition coefficient (Wildman–Crippen LogP) is 5.18. The van der Waals surface area contributed by atoms with Crippen molar-refractivity contribution in [2.45, 2.75) is 39.2 Å². The van der Waals surface area contributed by atoms with Crippen LogP contribution in [0.3, 0.4) is 0 Å². The molecule has 0 unspecified atom stereocenters. The highest BCUT2D eigenvalue weighted by molar-refractivity contribution is 6.30. The van der Waals surface area contributed by atoms with E-state index in [1.54, 1.807) is 6.07 Å². The molecule has 2 atom stereocenters. The van der Waals surface area contributed by atoms with Gasteiger partial charge in [-0.2, -0.15) is 0 Å². The van der Waals surface area contributed by atoms with Crippen LogP contribution in [0.1, 0.15) is 49.0 Å². The number of esters is 1. The van der Waals surface area contributed by atoms with Crippen LogP contribution in [-0.2, 0) is 9.53 Å². The Kier molecular flexibility index (Phi) is 6.75. The molecule has 0 aliphatic heterocycles. The summed E-state index contributed by atoms with van der Waals surface area (Å²) in [4.78, 5) is 24.5. The summed E-state index contributed by atoms with van der Waals surface area (Å²) in [5.74, 6) is -1.92. The number of rotatable bonds is 6. The molecule has 0 bridgehead atoms. The topological polar surface area (TPSA) is 55.4 Å². The summed E-state index contributed by atoms with van der Waals surface area (Å²) in [6.07, 6.45) is -0.170. The molecule has 26 heavy (non-hydrogen) atoms. The van der Waals surface area contributed by atoms with Crippen molar-refractivity contribution in [2.75, 3.05) is 5.32 Å². The van der Waals surface area contributed by atoms with E-state index in [1.807, 2.05) is 18.2 Å². The first-order valence-corrected chi connectivity index (χ1v) is 8.77. The molecule has 0 spiro atoms. The number of para-hydroxylation sites is 1. The second-order valence-corrected chi connectivity index (χ2v) is 6.49. The first-order valence-electron chi connectivity index (χ1n) is 8.39. The van der Waals surface area contributed by atoms with Crippen LogP contribution in [0.25, 0.3) is 0 Å². The highest BCUT2D eigenvalue weighted by Crippen LogP contribution is 2.26. The Morgan fingerprint density at radius 2 is 1.88 bits per heavy atom. The maximum Gasteiger partial charge on any atom is 0.341 e. The summed E-state index contributed by atoms with van der Waals surface area (Å²) in [5.41, 5.74) is 1.36. The molecular weight excluding hydrogens is 357 g/mol. The largest absolute Gasteiger partial charge is 0.449 e. The van der Waals surface area contributed by atoms with Gasteiger partial charge in [0, 0.05) is 10.7 Å². The smallest absolute Gasteiger partial charge is 0.341 e. The second-order valence-electron chi connectivity index (χ2n) is 6.06. The number of hydrogen-bond donors (Lipinski definition) is 1. The number of anilines is 1. The first kappa shape index (κ1) is 19.9. The highest BCUT2D eigenvalue weighted by Gasteiger charge is 2.22. The molecule has 1 amide bonds. The molecule has 6 heteroatoms. The van der Waals surface area contributed by atoms with Gasteiger partial charge in [-0.05, 0) is 49.1 Å². The van der Waals surface area contributed by atoms with Gasteiger partial charge in [-0.15, -0.1) is 0 Å². The van der Waals surface area contributed by atoms with Crippen LogP contribution in [0, 0.1) is 5.82 Å². The van der Waals surface area contributed by atoms with Crippen LogP contribution >= 0.6 is 11.6 Å². The van der Waals surface area contributed by atoms with Crippen LogP contribution in [-0.4, -0.2) is 18.0 Å². The second kappa shape index (κ2) is 8.81. The van der Waals surface area contributed by atoms with E-state index in [4.69, 9.17) is 16.3 Å². The number of hydrogen-bond acceptors (Lipinski definition) is 3. The molecule has 0 fully saturated rings. The summed E-state index contributed by atoms with van der Waals surface area (Å²) >= 11 is 5.77. The Labute approximate surface area is 157 Å². The lowest BCUT2D eigenvalue weighted by Gasteiger charge is -2.18. The van der Waals surface area contributed by atoms with Gasteiger partial charge in [0.15, 0.2) is 6.10 Å². The molecule has 4 nitrogen and oxygen atoms in total. The number of halogens is 2. The Morgan fingerprint density at radius 1 is 1.19 bits per heavy atom. The Balaban J connectivity index is 2.09. The van der Waals surface area contributed by atoms with Gasteiger partial charge in [0.2, 0.25) is 0 Å². The fourth-order valence-corrected chi connectivity index (χ4v) is 2.60. The van der Waals surface area contributed by atoms with E-state index in [-0.39, 0.29) is 16.5 Å². The standard InChI is InChI=1S/C20H21ClFNO3/c1-4-12(2)15-7-5-6-8-18(15)23-19(24)13(3)26-20(25)16-11-14(21)9-10-17(16)22/h5-13H,4H2,1-3H3,(H,23,24)/t12-,13+/m0/s1. The van der Waals surface area contributed by atoms with Crippen molar-refractivity contribution >= 4 is 29.2 Å². The zero-order chi connectivity index (χ0) is 19.3. The molecule has 2 rings (SSSR count). The summed E-state index contributed by atoms with van der Waals surface area (Å²) in [6.45, 7) is 5.56. The number of ether oxygens (including phenoxy) is 1. The quantitative estimate of drug-likeness (QED) is 0.706. The molecule has 0 aliphatic rings. The van der Waals surface area contributed by atoms with Gasteiger partial charge in [-0.25, -0.2) is 9.18 Å². The fraction of sp³-hybridized carbons (Fsp3) is 0.300.